The van der Waals surface area contributed by atoms with Gasteiger partial charge in [-0.2, -0.15) is 0 Å². The van der Waals surface area contributed by atoms with Crippen LogP contribution in [0.5, 0.6) is 17.2 Å². The molecule has 1 aliphatic heterocycles. The molecule has 1 spiro atoms. The third-order valence-corrected chi connectivity index (χ3v) is 8.03. The predicted octanol–water partition coefficient (Wildman–Crippen LogP) is 6.68. The summed E-state index contributed by atoms with van der Waals surface area (Å²) >= 11 is 0. The Morgan fingerprint density at radius 3 is 2.36 bits per heavy atom. The molecule has 1 fully saturated rings. The van der Waals surface area contributed by atoms with Crippen molar-refractivity contribution >= 4 is 17.4 Å². The number of nitrogens with one attached hydrogen (secondary N) is 1. The average molecular weight is 527 g/mol. The Kier molecular flexibility index (Phi) is 8.50. The van der Waals surface area contributed by atoms with E-state index >= 15 is 0 Å². The number of carbonyl (C=O) groups excluding carboxylic acids is 2. The number of amides is 1. The van der Waals surface area contributed by atoms with E-state index in [-0.39, 0.29) is 23.8 Å². The second-order valence-corrected chi connectivity index (χ2v) is 10.9. The fraction of sp³-hybridized carbons (Fsp3) is 0.394. The number of anilines is 1. The van der Waals surface area contributed by atoms with Crippen molar-refractivity contribution in [3.63, 3.8) is 0 Å². The first-order valence-corrected chi connectivity index (χ1v) is 14.1. The second kappa shape index (κ2) is 12.4. The quantitative estimate of drug-likeness (QED) is 0.337. The third kappa shape index (κ3) is 7.20. The van der Waals surface area contributed by atoms with Gasteiger partial charge in [-0.3, -0.25) is 9.59 Å². The lowest BCUT2D eigenvalue weighted by molar-refractivity contribution is -0.124. The topological polar surface area (TPSA) is 67.9 Å². The van der Waals surface area contributed by atoms with Gasteiger partial charge in [0.05, 0.1) is 12.2 Å². The molecule has 1 aliphatic carbocycles. The van der Waals surface area contributed by atoms with Gasteiger partial charge in [0.15, 0.2) is 5.78 Å². The number of rotatable bonds is 9. The molecule has 5 rings (SSSR count). The minimum atomic E-state index is -0.158. The molecule has 204 valence electrons. The highest BCUT2D eigenvalue weighted by Crippen LogP contribution is 2.44. The van der Waals surface area contributed by atoms with Gasteiger partial charge in [0.25, 0.3) is 0 Å². The first-order valence-electron chi connectivity index (χ1n) is 14.1. The molecule has 6 nitrogen and oxygen atoms in total. The van der Waals surface area contributed by atoms with Crippen LogP contribution in [0.15, 0.2) is 78.9 Å². The van der Waals surface area contributed by atoms with E-state index in [4.69, 9.17) is 9.47 Å². The van der Waals surface area contributed by atoms with Crippen LogP contribution in [-0.4, -0.2) is 30.4 Å². The smallest absolute Gasteiger partial charge is 0.217 e. The van der Waals surface area contributed by atoms with Gasteiger partial charge >= 0.3 is 0 Å². The highest BCUT2D eigenvalue weighted by Gasteiger charge is 2.40. The number of hydrogen-bond acceptors (Lipinski definition) is 5. The Morgan fingerprint density at radius 1 is 0.923 bits per heavy atom. The Hall–Kier alpha value is -3.80. The van der Waals surface area contributed by atoms with E-state index < -0.39 is 0 Å². The number of ether oxygens (including phenoxy) is 2. The van der Waals surface area contributed by atoms with E-state index in [1.807, 2.05) is 42.5 Å². The maximum Gasteiger partial charge on any atom is 0.217 e. The molecule has 0 radical (unpaired) electrons. The molecule has 0 atom stereocenters. The molecule has 0 bridgehead atoms. The van der Waals surface area contributed by atoms with Gasteiger partial charge in [-0.15, -0.1) is 0 Å². The molecule has 3 aromatic carbocycles. The molecule has 1 amide bonds. The molecule has 0 unspecified atom stereocenters. The summed E-state index contributed by atoms with van der Waals surface area (Å²) < 4.78 is 12.8. The number of ketones is 1. The lowest BCUT2D eigenvalue weighted by Gasteiger charge is -2.39. The summed E-state index contributed by atoms with van der Waals surface area (Å²) in [6, 6.07) is 26.6. The predicted molar refractivity (Wildman–Crippen MR) is 153 cm³/mol. The minimum absolute atomic E-state index is 0.112. The molecule has 2 aliphatic rings. The van der Waals surface area contributed by atoms with Crippen LogP contribution < -0.4 is 19.7 Å². The molecule has 39 heavy (non-hydrogen) atoms. The molecular formula is C33H38N2O4. The Morgan fingerprint density at radius 2 is 1.62 bits per heavy atom. The highest BCUT2D eigenvalue weighted by molar-refractivity contribution is 5.85. The second-order valence-electron chi connectivity index (χ2n) is 10.9. The summed E-state index contributed by atoms with van der Waals surface area (Å²) in [7, 11) is 0. The number of fused-ring (bicyclic) bond motifs is 1. The number of nitrogens with zero attached hydrogens (tertiary/aromatic N) is 1. The number of para-hydroxylation sites is 3. The maximum atomic E-state index is 12.1. The third-order valence-electron chi connectivity index (χ3n) is 8.03. The van der Waals surface area contributed by atoms with Crippen molar-refractivity contribution in [1.82, 2.24) is 5.32 Å². The molecule has 0 saturated heterocycles. The van der Waals surface area contributed by atoms with Crippen molar-refractivity contribution < 1.29 is 19.1 Å². The van der Waals surface area contributed by atoms with Crippen LogP contribution >= 0.6 is 0 Å². The first kappa shape index (κ1) is 26.8. The van der Waals surface area contributed by atoms with Crippen LogP contribution in [0.3, 0.4) is 0 Å². The zero-order valence-electron chi connectivity index (χ0n) is 22.7. The van der Waals surface area contributed by atoms with Gasteiger partial charge in [0, 0.05) is 32.9 Å². The molecule has 3 aromatic rings. The van der Waals surface area contributed by atoms with Crippen molar-refractivity contribution in [2.24, 2.45) is 5.92 Å². The van der Waals surface area contributed by atoms with E-state index in [1.54, 1.807) is 0 Å². The lowest BCUT2D eigenvalue weighted by Crippen LogP contribution is -2.41. The van der Waals surface area contributed by atoms with Crippen LogP contribution in [0.1, 0.15) is 57.4 Å². The van der Waals surface area contributed by atoms with Crippen molar-refractivity contribution in [3.05, 3.63) is 84.4 Å². The molecule has 0 aromatic heterocycles. The zero-order valence-corrected chi connectivity index (χ0v) is 22.7. The van der Waals surface area contributed by atoms with Gasteiger partial charge in [-0.1, -0.05) is 42.5 Å². The Bertz CT molecular complexity index is 1250. The van der Waals surface area contributed by atoms with E-state index in [0.717, 1.165) is 74.6 Å². The first-order chi connectivity index (χ1) is 19.0. The van der Waals surface area contributed by atoms with Crippen LogP contribution in [0, 0.1) is 5.92 Å². The van der Waals surface area contributed by atoms with E-state index in [1.165, 1.54) is 12.5 Å². The normalized spacial score (nSPS) is 20.4. The summed E-state index contributed by atoms with van der Waals surface area (Å²) in [5.74, 6) is 3.12. The lowest BCUT2D eigenvalue weighted by atomic mass is 9.75. The fourth-order valence-electron chi connectivity index (χ4n) is 5.74. The van der Waals surface area contributed by atoms with Gasteiger partial charge < -0.3 is 19.7 Å². The van der Waals surface area contributed by atoms with Crippen LogP contribution in [-0.2, 0) is 16.1 Å². The largest absolute Gasteiger partial charge is 0.485 e. The molecule has 1 saturated carbocycles. The van der Waals surface area contributed by atoms with Crippen LogP contribution in [0.25, 0.3) is 0 Å². The van der Waals surface area contributed by atoms with E-state index in [0.29, 0.717) is 12.3 Å². The standard InChI is InChI=1S/C33H38N2O4/c1-25(36)34-23-28(37)14-11-26-17-19-33(20-18-26)21-22-35(31-9-5-6-10-32(31)39-33)24-27-12-15-30(16-13-27)38-29-7-3-2-4-8-29/h2-10,12-13,15-16,26H,11,14,17-24H2,1H3,(H,34,36). The van der Waals surface area contributed by atoms with Crippen molar-refractivity contribution in [2.45, 2.75) is 64.0 Å². The number of hydrogen-bond donors (Lipinski definition) is 1. The van der Waals surface area contributed by atoms with Crippen molar-refractivity contribution in [2.75, 3.05) is 18.0 Å². The van der Waals surface area contributed by atoms with Crippen LogP contribution in [0.2, 0.25) is 0 Å². The van der Waals surface area contributed by atoms with E-state index in [2.05, 4.69) is 46.6 Å². The Labute approximate surface area is 231 Å². The van der Waals surface area contributed by atoms with Gasteiger partial charge in [-0.25, -0.2) is 0 Å². The van der Waals surface area contributed by atoms with Gasteiger partial charge in [-0.05, 0) is 80.0 Å². The highest BCUT2D eigenvalue weighted by atomic mass is 16.5. The fourth-order valence-corrected chi connectivity index (χ4v) is 5.74. The van der Waals surface area contributed by atoms with Gasteiger partial charge in [0.1, 0.15) is 22.8 Å². The molecule has 1 N–H and O–H groups in total. The number of benzene rings is 3. The summed E-state index contributed by atoms with van der Waals surface area (Å²) in [6.45, 7) is 3.32. The number of carbonyl (C=O) groups is 2. The minimum Gasteiger partial charge on any atom is -0.485 e. The molecular weight excluding hydrogens is 488 g/mol. The molecule has 6 heteroatoms. The van der Waals surface area contributed by atoms with Crippen molar-refractivity contribution in [1.29, 1.82) is 0 Å². The Balaban J connectivity index is 1.19. The summed E-state index contributed by atoms with van der Waals surface area (Å²) in [5, 5.41) is 2.61. The average Bonchev–Trinajstić information content (AvgIpc) is 3.10. The SMILES string of the molecule is CC(=O)NCC(=O)CCC1CCC2(CC1)CCN(Cc1ccc(Oc3ccccc3)cc1)c1ccccc1O2. The van der Waals surface area contributed by atoms with E-state index in [9.17, 15) is 9.59 Å². The zero-order chi connectivity index (χ0) is 27.1. The monoisotopic (exact) mass is 526 g/mol. The van der Waals surface area contributed by atoms with Gasteiger partial charge in [0.2, 0.25) is 5.91 Å². The summed E-state index contributed by atoms with van der Waals surface area (Å²) in [4.78, 5) is 25.6. The number of Topliss-reactive ketones (excluding diaryl/α,β-unsaturated/α-hetero) is 1. The summed E-state index contributed by atoms with van der Waals surface area (Å²) in [5.41, 5.74) is 2.22. The molecule has 1 heterocycles. The van der Waals surface area contributed by atoms with Crippen LogP contribution in [0.4, 0.5) is 5.69 Å². The summed E-state index contributed by atoms with van der Waals surface area (Å²) in [6.07, 6.45) is 6.55. The maximum absolute atomic E-state index is 12.1. The van der Waals surface area contributed by atoms with Crippen molar-refractivity contribution in [3.8, 4) is 17.2 Å².